The number of hydrogen-bond donors (Lipinski definition) is 1. The van der Waals surface area contributed by atoms with Crippen molar-refractivity contribution in [3.63, 3.8) is 0 Å². The molecule has 4 aromatic heterocycles. The number of nitrogens with one attached hydrogen (secondary N) is 1. The van der Waals surface area contributed by atoms with Crippen molar-refractivity contribution in [3.05, 3.63) is 35.1 Å². The van der Waals surface area contributed by atoms with E-state index in [0.717, 1.165) is 6.20 Å². The van der Waals surface area contributed by atoms with E-state index in [2.05, 4.69) is 30.5 Å². The van der Waals surface area contributed by atoms with Gasteiger partial charge < -0.3 is 14.8 Å². The fraction of sp³-hybridized carbons (Fsp3) is 0.278. The minimum atomic E-state index is -1.42. The number of aromatic nitrogens is 7. The molecule has 4 aromatic rings. The van der Waals surface area contributed by atoms with Crippen LogP contribution in [0, 0.1) is 12.7 Å². The number of methoxy groups -OCH3 is 1. The van der Waals surface area contributed by atoms with Crippen LogP contribution < -0.4 is 14.8 Å². The lowest BCUT2D eigenvalue weighted by atomic mass is 10.3. The summed E-state index contributed by atoms with van der Waals surface area (Å²) in [6.07, 6.45) is 1.12. The topological polar surface area (TPSA) is 105 Å². The van der Waals surface area contributed by atoms with Gasteiger partial charge in [-0.15, -0.1) is 5.10 Å². The first-order valence-corrected chi connectivity index (χ1v) is 9.55. The van der Waals surface area contributed by atoms with Crippen LogP contribution in [-0.2, 0) is 6.54 Å². The van der Waals surface area contributed by atoms with Gasteiger partial charge in [-0.3, -0.25) is 0 Å². The zero-order valence-electron chi connectivity index (χ0n) is 16.3. The zero-order valence-corrected chi connectivity index (χ0v) is 17.1. The lowest BCUT2D eigenvalue weighted by Crippen LogP contribution is -2.20. The molecule has 0 aromatic carbocycles. The normalized spacial score (nSPS) is 15.8. The van der Waals surface area contributed by atoms with Gasteiger partial charge in [0.15, 0.2) is 17.0 Å². The Morgan fingerprint density at radius 1 is 1.29 bits per heavy atom. The standard InChI is InChI=1S/C18H15ClF2N8O2/c1-8-13-17(27-29(8)12-3-9(20)4-22-16(12)30-2)31-7-10(21)6-28-15-11(14(19)26-28)5-23-18(24-13)25-15/h3-5,10H,6-7H2,1-2H3,(H,23,24,25)/t10-/m0/s1. The second kappa shape index (κ2) is 7.30. The Balaban J connectivity index is 1.67. The molecule has 0 aliphatic carbocycles. The van der Waals surface area contributed by atoms with Gasteiger partial charge in [0.2, 0.25) is 11.8 Å². The van der Waals surface area contributed by atoms with E-state index in [1.54, 1.807) is 6.92 Å². The summed E-state index contributed by atoms with van der Waals surface area (Å²) in [4.78, 5) is 12.6. The zero-order chi connectivity index (χ0) is 21.7. The Morgan fingerprint density at radius 3 is 2.94 bits per heavy atom. The van der Waals surface area contributed by atoms with Gasteiger partial charge in [0, 0.05) is 12.3 Å². The van der Waals surface area contributed by atoms with Crippen molar-refractivity contribution in [1.82, 2.24) is 34.5 Å². The van der Waals surface area contributed by atoms with E-state index >= 15 is 0 Å². The number of hydrogen-bond acceptors (Lipinski definition) is 8. The summed E-state index contributed by atoms with van der Waals surface area (Å²) in [6, 6.07) is 1.23. The van der Waals surface area contributed by atoms with Crippen molar-refractivity contribution >= 4 is 34.3 Å². The summed E-state index contributed by atoms with van der Waals surface area (Å²) in [5.74, 6) is -0.113. The first-order valence-electron chi connectivity index (χ1n) is 9.17. The van der Waals surface area contributed by atoms with Crippen molar-refractivity contribution in [1.29, 1.82) is 0 Å². The predicted molar refractivity (Wildman–Crippen MR) is 107 cm³/mol. The van der Waals surface area contributed by atoms with Crippen molar-refractivity contribution in [2.45, 2.75) is 19.6 Å². The van der Waals surface area contributed by atoms with Crippen molar-refractivity contribution in [3.8, 4) is 17.4 Å². The van der Waals surface area contributed by atoms with Gasteiger partial charge in [-0.1, -0.05) is 11.6 Å². The molecule has 5 heterocycles. The van der Waals surface area contributed by atoms with Crippen molar-refractivity contribution < 1.29 is 18.3 Å². The molecule has 2 bridgehead atoms. The Bertz CT molecular complexity index is 1310. The Morgan fingerprint density at radius 2 is 2.13 bits per heavy atom. The molecule has 160 valence electrons. The first-order chi connectivity index (χ1) is 14.9. The van der Waals surface area contributed by atoms with Gasteiger partial charge in [0.05, 0.1) is 30.9 Å². The van der Waals surface area contributed by atoms with E-state index < -0.39 is 12.0 Å². The fourth-order valence-electron chi connectivity index (χ4n) is 3.31. The number of pyridine rings is 1. The average Bonchev–Trinajstić information content (AvgIpc) is 3.22. The molecule has 1 N–H and O–H groups in total. The van der Waals surface area contributed by atoms with Gasteiger partial charge in [-0.05, 0) is 6.92 Å². The summed E-state index contributed by atoms with van der Waals surface area (Å²) < 4.78 is 42.2. The molecule has 5 rings (SSSR count). The smallest absolute Gasteiger partial charge is 0.257 e. The summed E-state index contributed by atoms with van der Waals surface area (Å²) in [5.41, 5.74) is 1.54. The number of halogens is 3. The van der Waals surface area contributed by atoms with E-state index in [0.29, 0.717) is 22.4 Å². The molecule has 1 aliphatic heterocycles. The largest absolute Gasteiger partial charge is 0.479 e. The number of nitrogens with zero attached hydrogens (tertiary/aromatic N) is 7. The molecule has 0 unspecified atom stereocenters. The van der Waals surface area contributed by atoms with E-state index in [-0.39, 0.29) is 41.7 Å². The second-order valence-corrected chi connectivity index (χ2v) is 7.15. The molecule has 0 saturated heterocycles. The van der Waals surface area contributed by atoms with Crippen LogP contribution in [0.25, 0.3) is 16.7 Å². The molecular weight excluding hydrogens is 434 g/mol. The highest BCUT2D eigenvalue weighted by atomic mass is 35.5. The molecule has 13 heteroatoms. The number of ether oxygens (including phenoxy) is 2. The van der Waals surface area contributed by atoms with Crippen LogP contribution in [0.1, 0.15) is 5.69 Å². The third kappa shape index (κ3) is 3.28. The SMILES string of the molecule is COc1ncc(F)cc1-n1nc2c(c1C)Nc1ncc3c(Cl)nn(c3n1)C[C@H](F)CO2. The molecular formula is C18H15ClF2N8O2. The van der Waals surface area contributed by atoms with E-state index in [1.165, 1.54) is 28.7 Å². The molecule has 0 fully saturated rings. The summed E-state index contributed by atoms with van der Waals surface area (Å²) in [6.45, 7) is 1.31. The van der Waals surface area contributed by atoms with Gasteiger partial charge in [0.1, 0.15) is 23.8 Å². The average molecular weight is 449 g/mol. The number of rotatable bonds is 2. The molecule has 0 saturated carbocycles. The van der Waals surface area contributed by atoms with Crippen molar-refractivity contribution in [2.24, 2.45) is 0 Å². The third-order valence-corrected chi connectivity index (χ3v) is 5.04. The van der Waals surface area contributed by atoms with Crippen LogP contribution in [0.3, 0.4) is 0 Å². The molecule has 1 aliphatic rings. The molecule has 10 nitrogen and oxygen atoms in total. The highest BCUT2D eigenvalue weighted by molar-refractivity contribution is 6.34. The summed E-state index contributed by atoms with van der Waals surface area (Å²) in [5, 5.41) is 12.2. The predicted octanol–water partition coefficient (Wildman–Crippen LogP) is 2.99. The first kappa shape index (κ1) is 19.4. The number of alkyl halides is 1. The fourth-order valence-corrected chi connectivity index (χ4v) is 3.54. The van der Waals surface area contributed by atoms with Crippen LogP contribution in [-0.4, -0.2) is 54.4 Å². The van der Waals surface area contributed by atoms with Crippen molar-refractivity contribution in [2.75, 3.05) is 19.0 Å². The van der Waals surface area contributed by atoms with E-state index in [1.807, 2.05) is 0 Å². The third-order valence-electron chi connectivity index (χ3n) is 4.76. The monoisotopic (exact) mass is 448 g/mol. The highest BCUT2D eigenvalue weighted by Gasteiger charge is 2.24. The minimum absolute atomic E-state index is 0.0905. The van der Waals surface area contributed by atoms with Gasteiger partial charge >= 0.3 is 0 Å². The molecule has 31 heavy (non-hydrogen) atoms. The minimum Gasteiger partial charge on any atom is -0.479 e. The quantitative estimate of drug-likeness (QED) is 0.499. The Hall–Kier alpha value is -3.54. The lowest BCUT2D eigenvalue weighted by Gasteiger charge is -2.10. The van der Waals surface area contributed by atoms with Crippen LogP contribution in [0.4, 0.5) is 20.4 Å². The van der Waals surface area contributed by atoms with Crippen LogP contribution in [0.15, 0.2) is 18.5 Å². The van der Waals surface area contributed by atoms with Gasteiger partial charge in [-0.25, -0.2) is 28.1 Å². The summed E-state index contributed by atoms with van der Waals surface area (Å²) >= 11 is 6.12. The maximum absolute atomic E-state index is 14.7. The van der Waals surface area contributed by atoms with E-state index in [4.69, 9.17) is 21.1 Å². The lowest BCUT2D eigenvalue weighted by molar-refractivity contribution is 0.171. The number of anilines is 2. The van der Waals surface area contributed by atoms with Gasteiger partial charge in [0.25, 0.3) is 5.88 Å². The second-order valence-electron chi connectivity index (χ2n) is 6.80. The highest BCUT2D eigenvalue weighted by Crippen LogP contribution is 2.34. The molecule has 0 radical (unpaired) electrons. The van der Waals surface area contributed by atoms with Gasteiger partial charge in [-0.2, -0.15) is 10.1 Å². The Labute approximate surface area is 178 Å². The molecule has 1 atom stereocenters. The molecule has 0 spiro atoms. The Kier molecular flexibility index (Phi) is 4.58. The maximum Gasteiger partial charge on any atom is 0.257 e. The van der Waals surface area contributed by atoms with E-state index in [9.17, 15) is 8.78 Å². The van der Waals surface area contributed by atoms with Crippen LogP contribution >= 0.6 is 11.6 Å². The number of fused-ring (bicyclic) bond motifs is 2. The van der Waals surface area contributed by atoms with Crippen LogP contribution in [0.2, 0.25) is 5.15 Å². The molecule has 0 amide bonds. The maximum atomic E-state index is 14.7. The van der Waals surface area contributed by atoms with Crippen LogP contribution in [0.5, 0.6) is 11.8 Å². The summed E-state index contributed by atoms with van der Waals surface area (Å²) in [7, 11) is 1.41.